The number of hydrogen-bond acceptors (Lipinski definition) is 2. The highest BCUT2D eigenvalue weighted by molar-refractivity contribution is 6.32. The van der Waals surface area contributed by atoms with Gasteiger partial charge in [-0.25, -0.2) is 4.39 Å². The first-order valence-electron chi connectivity index (χ1n) is 8.08. The summed E-state index contributed by atoms with van der Waals surface area (Å²) in [7, 11) is 1.45. The molecule has 1 atom stereocenters. The number of methoxy groups -OCH3 is 1. The van der Waals surface area contributed by atoms with E-state index in [0.717, 1.165) is 11.1 Å². The van der Waals surface area contributed by atoms with Gasteiger partial charge in [-0.2, -0.15) is 0 Å². The van der Waals surface area contributed by atoms with Crippen LogP contribution in [0.2, 0.25) is 5.02 Å². The second-order valence-corrected chi connectivity index (χ2v) is 6.50. The number of ether oxygens (including phenoxy) is 1. The molecule has 0 radical (unpaired) electrons. The molecular formula is C21H15ClFNO2. The summed E-state index contributed by atoms with van der Waals surface area (Å²) in [5.41, 5.74) is 0.543. The second kappa shape index (κ2) is 6.15. The van der Waals surface area contributed by atoms with Gasteiger partial charge in [-0.3, -0.25) is 4.79 Å². The molecule has 0 spiro atoms. The van der Waals surface area contributed by atoms with Crippen molar-refractivity contribution in [2.45, 2.75) is 5.67 Å². The molecule has 1 amide bonds. The van der Waals surface area contributed by atoms with E-state index >= 15 is 4.39 Å². The Hall–Kier alpha value is -2.85. The van der Waals surface area contributed by atoms with Crippen molar-refractivity contribution in [2.75, 3.05) is 12.4 Å². The summed E-state index contributed by atoms with van der Waals surface area (Å²) in [6.45, 7) is 0. The molecule has 3 aromatic carbocycles. The highest BCUT2D eigenvalue weighted by Gasteiger charge is 2.49. The van der Waals surface area contributed by atoms with E-state index < -0.39 is 11.6 Å². The Kier molecular flexibility index (Phi) is 3.93. The summed E-state index contributed by atoms with van der Waals surface area (Å²) in [4.78, 5) is 12.5. The molecule has 130 valence electrons. The lowest BCUT2D eigenvalue weighted by Gasteiger charge is -2.19. The smallest absolute Gasteiger partial charge is 0.271 e. The van der Waals surface area contributed by atoms with Gasteiger partial charge in [0.05, 0.1) is 12.1 Å². The third-order valence-corrected chi connectivity index (χ3v) is 4.92. The maximum Gasteiger partial charge on any atom is 0.271 e. The lowest BCUT2D eigenvalue weighted by atomic mass is 9.88. The molecule has 1 aliphatic heterocycles. The fourth-order valence-electron chi connectivity index (χ4n) is 3.25. The minimum Gasteiger partial charge on any atom is -0.495 e. The zero-order chi connectivity index (χ0) is 18.3. The van der Waals surface area contributed by atoms with E-state index in [1.807, 2.05) is 36.4 Å². The number of benzene rings is 3. The van der Waals surface area contributed by atoms with Crippen LogP contribution in [-0.4, -0.2) is 13.0 Å². The average Bonchev–Trinajstić information content (AvgIpc) is 2.93. The summed E-state index contributed by atoms with van der Waals surface area (Å²) >= 11 is 6.03. The van der Waals surface area contributed by atoms with Crippen LogP contribution in [-0.2, 0) is 10.5 Å². The van der Waals surface area contributed by atoms with E-state index in [1.165, 1.54) is 25.3 Å². The number of alkyl halides is 1. The van der Waals surface area contributed by atoms with Gasteiger partial charge in [0.25, 0.3) is 5.91 Å². The molecule has 0 aromatic heterocycles. The quantitative estimate of drug-likeness (QED) is 0.692. The minimum atomic E-state index is -2.29. The zero-order valence-corrected chi connectivity index (χ0v) is 14.7. The Morgan fingerprint density at radius 1 is 1.00 bits per heavy atom. The first-order chi connectivity index (χ1) is 12.5. The molecule has 0 saturated carbocycles. The van der Waals surface area contributed by atoms with Crippen LogP contribution in [0.25, 0.3) is 11.1 Å². The number of fused-ring (bicyclic) bond motifs is 1. The number of halogens is 2. The molecule has 5 heteroatoms. The SMILES string of the molecule is COc1cc(C2(F)C(=O)Nc3cc(-c4ccccc4)ccc32)ccc1Cl. The highest BCUT2D eigenvalue weighted by atomic mass is 35.5. The van der Waals surface area contributed by atoms with Gasteiger partial charge in [0.2, 0.25) is 5.67 Å². The van der Waals surface area contributed by atoms with Crippen LogP contribution in [0.5, 0.6) is 5.75 Å². The van der Waals surface area contributed by atoms with Crippen LogP contribution in [0.4, 0.5) is 10.1 Å². The van der Waals surface area contributed by atoms with Gasteiger partial charge in [-0.1, -0.05) is 60.1 Å². The van der Waals surface area contributed by atoms with Crippen molar-refractivity contribution in [2.24, 2.45) is 0 Å². The maximum absolute atomic E-state index is 15.9. The number of hydrogen-bond donors (Lipinski definition) is 1. The summed E-state index contributed by atoms with van der Waals surface area (Å²) in [5.74, 6) is -0.398. The fourth-order valence-corrected chi connectivity index (χ4v) is 3.44. The number of nitrogens with one attached hydrogen (secondary N) is 1. The number of rotatable bonds is 3. The van der Waals surface area contributed by atoms with E-state index in [4.69, 9.17) is 16.3 Å². The molecule has 0 aliphatic carbocycles. The van der Waals surface area contributed by atoms with Gasteiger partial charge < -0.3 is 10.1 Å². The van der Waals surface area contributed by atoms with Crippen molar-refractivity contribution in [1.82, 2.24) is 0 Å². The van der Waals surface area contributed by atoms with Crippen molar-refractivity contribution in [1.29, 1.82) is 0 Å². The molecule has 3 aromatic rings. The van der Waals surface area contributed by atoms with E-state index in [0.29, 0.717) is 16.5 Å². The van der Waals surface area contributed by atoms with Gasteiger partial charge in [0, 0.05) is 16.8 Å². The largest absolute Gasteiger partial charge is 0.495 e. The zero-order valence-electron chi connectivity index (χ0n) is 13.9. The third-order valence-electron chi connectivity index (χ3n) is 4.61. The first kappa shape index (κ1) is 16.6. The molecule has 3 nitrogen and oxygen atoms in total. The molecule has 1 aliphatic rings. The van der Waals surface area contributed by atoms with E-state index in [9.17, 15) is 4.79 Å². The lowest BCUT2D eigenvalue weighted by Crippen LogP contribution is -2.30. The Bertz CT molecular complexity index is 1010. The van der Waals surface area contributed by atoms with E-state index in [1.54, 1.807) is 12.1 Å². The van der Waals surface area contributed by atoms with Crippen molar-refractivity contribution in [3.63, 3.8) is 0 Å². The normalized spacial score (nSPS) is 18.3. The fraction of sp³-hybridized carbons (Fsp3) is 0.0952. The van der Waals surface area contributed by atoms with Crippen LogP contribution < -0.4 is 10.1 Å². The van der Waals surface area contributed by atoms with Gasteiger partial charge in [0.1, 0.15) is 5.75 Å². The minimum absolute atomic E-state index is 0.183. The maximum atomic E-state index is 15.9. The standard InChI is InChI=1S/C21H15ClFNO2/c1-26-19-12-15(8-10-17(19)22)21(23)16-9-7-14(11-18(16)24-20(21)25)13-5-3-2-4-6-13/h2-12H,1H3,(H,24,25). The first-order valence-corrected chi connectivity index (χ1v) is 8.46. The summed E-state index contributed by atoms with van der Waals surface area (Å²) in [6, 6.07) is 19.5. The predicted octanol–water partition coefficient (Wildman–Crippen LogP) is 5.18. The lowest BCUT2D eigenvalue weighted by molar-refractivity contribution is -0.124. The predicted molar refractivity (Wildman–Crippen MR) is 100 cm³/mol. The Morgan fingerprint density at radius 3 is 2.50 bits per heavy atom. The van der Waals surface area contributed by atoms with E-state index in [-0.39, 0.29) is 11.1 Å². The number of amides is 1. The van der Waals surface area contributed by atoms with Crippen LogP contribution in [0.15, 0.2) is 66.7 Å². The number of carbonyl (C=O) groups excluding carboxylic acids is 1. The monoisotopic (exact) mass is 367 g/mol. The molecule has 1 heterocycles. The van der Waals surface area contributed by atoms with Crippen LogP contribution in [0, 0.1) is 0 Å². The summed E-state index contributed by atoms with van der Waals surface area (Å²) in [6.07, 6.45) is 0. The molecule has 26 heavy (non-hydrogen) atoms. The van der Waals surface area contributed by atoms with Gasteiger partial charge in [-0.05, 0) is 29.3 Å². The van der Waals surface area contributed by atoms with Gasteiger partial charge in [-0.15, -0.1) is 0 Å². The van der Waals surface area contributed by atoms with Crippen LogP contribution in [0.3, 0.4) is 0 Å². The average molecular weight is 368 g/mol. The number of carbonyl (C=O) groups is 1. The Balaban J connectivity index is 1.83. The Labute approximate surface area is 155 Å². The topological polar surface area (TPSA) is 38.3 Å². The van der Waals surface area contributed by atoms with E-state index in [2.05, 4.69) is 5.32 Å². The number of anilines is 1. The van der Waals surface area contributed by atoms with Crippen molar-refractivity contribution in [3.05, 3.63) is 82.9 Å². The van der Waals surface area contributed by atoms with Gasteiger partial charge >= 0.3 is 0 Å². The third kappa shape index (κ3) is 2.45. The van der Waals surface area contributed by atoms with Crippen LogP contribution >= 0.6 is 11.6 Å². The van der Waals surface area contributed by atoms with Crippen LogP contribution in [0.1, 0.15) is 11.1 Å². The molecule has 4 rings (SSSR count). The molecule has 0 fully saturated rings. The molecule has 0 bridgehead atoms. The van der Waals surface area contributed by atoms with Gasteiger partial charge in [0.15, 0.2) is 0 Å². The highest BCUT2D eigenvalue weighted by Crippen LogP contribution is 2.46. The molecule has 1 unspecified atom stereocenters. The second-order valence-electron chi connectivity index (χ2n) is 6.09. The van der Waals surface area contributed by atoms with Crippen molar-refractivity contribution >= 4 is 23.2 Å². The molecule has 1 N–H and O–H groups in total. The van der Waals surface area contributed by atoms with Crippen molar-refractivity contribution in [3.8, 4) is 16.9 Å². The van der Waals surface area contributed by atoms with Crippen molar-refractivity contribution < 1.29 is 13.9 Å². The molecule has 0 saturated heterocycles. The summed E-state index contributed by atoms with van der Waals surface area (Å²) in [5, 5.41) is 3.02. The summed E-state index contributed by atoms with van der Waals surface area (Å²) < 4.78 is 21.1. The molecular weight excluding hydrogens is 353 g/mol. The Morgan fingerprint density at radius 2 is 1.77 bits per heavy atom.